The van der Waals surface area contributed by atoms with E-state index in [1.165, 1.54) is 19.3 Å². The van der Waals surface area contributed by atoms with E-state index in [0.717, 1.165) is 18.5 Å². The third-order valence-electron chi connectivity index (χ3n) is 4.22. The Morgan fingerprint density at radius 1 is 1.47 bits per heavy atom. The quantitative estimate of drug-likeness (QED) is 0.859. The van der Waals surface area contributed by atoms with Crippen LogP contribution in [0.2, 0.25) is 0 Å². The normalized spacial score (nSPS) is 25.4. The van der Waals surface area contributed by atoms with E-state index < -0.39 is 0 Å². The van der Waals surface area contributed by atoms with Crippen LogP contribution in [0.3, 0.4) is 0 Å². The lowest BCUT2D eigenvalue weighted by molar-refractivity contribution is -0.00524. The van der Waals surface area contributed by atoms with Crippen molar-refractivity contribution < 1.29 is 4.74 Å². The fraction of sp³-hybridized carbons (Fsp3) is 0.800. The molecule has 3 atom stereocenters. The monoisotopic (exact) mass is 265 g/mol. The Kier molecular flexibility index (Phi) is 5.40. The van der Waals surface area contributed by atoms with Gasteiger partial charge in [0, 0.05) is 18.3 Å². The molecule has 0 radical (unpaired) electrons. The molecule has 1 saturated carbocycles. The zero-order chi connectivity index (χ0) is 13.7. The van der Waals surface area contributed by atoms with Crippen LogP contribution in [0.5, 0.6) is 0 Å². The van der Waals surface area contributed by atoms with Crippen molar-refractivity contribution in [3.63, 3.8) is 0 Å². The first-order valence-electron chi connectivity index (χ1n) is 7.57. The number of nitrogens with zero attached hydrogens (tertiary/aromatic N) is 2. The molecule has 4 heteroatoms. The summed E-state index contributed by atoms with van der Waals surface area (Å²) < 4.78 is 8.10. The zero-order valence-corrected chi connectivity index (χ0v) is 12.4. The number of hydrogen-bond acceptors (Lipinski definition) is 3. The second kappa shape index (κ2) is 7.06. The van der Waals surface area contributed by atoms with E-state index in [1.807, 2.05) is 11.7 Å². The van der Waals surface area contributed by atoms with Gasteiger partial charge in [0.05, 0.1) is 18.4 Å². The van der Waals surface area contributed by atoms with Crippen molar-refractivity contribution in [1.82, 2.24) is 15.1 Å². The van der Waals surface area contributed by atoms with Crippen molar-refractivity contribution >= 4 is 0 Å². The van der Waals surface area contributed by atoms with Crippen LogP contribution in [0.25, 0.3) is 0 Å². The van der Waals surface area contributed by atoms with Crippen molar-refractivity contribution in [2.24, 2.45) is 0 Å². The molecule has 0 aromatic carbocycles. The van der Waals surface area contributed by atoms with Gasteiger partial charge in [0.1, 0.15) is 0 Å². The Bertz CT molecular complexity index is 377. The number of ether oxygens (including phenoxy) is 1. The SMILES string of the molecule is CCC(C)n1ccc(COC2CCCCC2NC)n1. The van der Waals surface area contributed by atoms with Crippen LogP contribution in [-0.4, -0.2) is 29.0 Å². The molecular weight excluding hydrogens is 238 g/mol. The predicted octanol–water partition coefficient (Wildman–Crippen LogP) is 2.90. The van der Waals surface area contributed by atoms with Gasteiger partial charge in [-0.15, -0.1) is 0 Å². The molecule has 108 valence electrons. The summed E-state index contributed by atoms with van der Waals surface area (Å²) in [6.07, 6.45) is 8.49. The highest BCUT2D eigenvalue weighted by Crippen LogP contribution is 2.22. The van der Waals surface area contributed by atoms with E-state index in [1.54, 1.807) is 0 Å². The molecule has 1 aromatic heterocycles. The third kappa shape index (κ3) is 3.80. The van der Waals surface area contributed by atoms with Gasteiger partial charge in [0.15, 0.2) is 0 Å². The van der Waals surface area contributed by atoms with Crippen LogP contribution >= 0.6 is 0 Å². The van der Waals surface area contributed by atoms with Gasteiger partial charge >= 0.3 is 0 Å². The third-order valence-corrected chi connectivity index (χ3v) is 4.22. The average Bonchev–Trinajstić information content (AvgIpc) is 2.93. The number of aromatic nitrogens is 2. The summed E-state index contributed by atoms with van der Waals surface area (Å²) >= 11 is 0. The molecule has 3 unspecified atom stereocenters. The van der Waals surface area contributed by atoms with E-state index in [-0.39, 0.29) is 0 Å². The molecule has 0 bridgehead atoms. The fourth-order valence-corrected chi connectivity index (χ4v) is 2.71. The van der Waals surface area contributed by atoms with Crippen molar-refractivity contribution in [1.29, 1.82) is 0 Å². The van der Waals surface area contributed by atoms with Gasteiger partial charge < -0.3 is 10.1 Å². The van der Waals surface area contributed by atoms with Crippen LogP contribution < -0.4 is 5.32 Å². The molecule has 1 aromatic rings. The van der Waals surface area contributed by atoms with Gasteiger partial charge in [-0.3, -0.25) is 4.68 Å². The lowest BCUT2D eigenvalue weighted by atomic mass is 9.92. The van der Waals surface area contributed by atoms with Gasteiger partial charge in [0.25, 0.3) is 0 Å². The summed E-state index contributed by atoms with van der Waals surface area (Å²) in [6, 6.07) is 3.04. The lowest BCUT2D eigenvalue weighted by Crippen LogP contribution is -2.41. The lowest BCUT2D eigenvalue weighted by Gasteiger charge is -2.31. The largest absolute Gasteiger partial charge is 0.370 e. The molecule has 0 amide bonds. The van der Waals surface area contributed by atoms with E-state index >= 15 is 0 Å². The maximum atomic E-state index is 6.06. The topological polar surface area (TPSA) is 39.1 Å². The first kappa shape index (κ1) is 14.5. The van der Waals surface area contributed by atoms with E-state index in [2.05, 4.69) is 36.5 Å². The Hall–Kier alpha value is -0.870. The molecule has 0 spiro atoms. The molecule has 0 aliphatic heterocycles. The highest BCUT2D eigenvalue weighted by atomic mass is 16.5. The molecule has 0 saturated heterocycles. The smallest absolute Gasteiger partial charge is 0.0911 e. The van der Waals surface area contributed by atoms with E-state index in [0.29, 0.717) is 24.8 Å². The van der Waals surface area contributed by atoms with Crippen LogP contribution in [-0.2, 0) is 11.3 Å². The average molecular weight is 265 g/mol. The molecular formula is C15H27N3O. The minimum atomic E-state index is 0.340. The standard InChI is InChI=1S/C15H27N3O/c1-4-12(2)18-10-9-13(17-18)11-19-15-8-6-5-7-14(15)16-3/h9-10,12,14-16H,4-8,11H2,1-3H3. The Labute approximate surface area is 116 Å². The minimum absolute atomic E-state index is 0.340. The van der Waals surface area contributed by atoms with Gasteiger partial charge in [-0.25, -0.2) is 0 Å². The second-order valence-corrected chi connectivity index (χ2v) is 5.57. The maximum absolute atomic E-state index is 6.06. The van der Waals surface area contributed by atoms with Gasteiger partial charge in [0.2, 0.25) is 0 Å². The minimum Gasteiger partial charge on any atom is -0.370 e. The first-order valence-corrected chi connectivity index (χ1v) is 7.57. The van der Waals surface area contributed by atoms with Crippen molar-refractivity contribution in [3.05, 3.63) is 18.0 Å². The summed E-state index contributed by atoms with van der Waals surface area (Å²) in [5.74, 6) is 0. The molecule has 1 N–H and O–H groups in total. The zero-order valence-electron chi connectivity index (χ0n) is 12.4. The number of likely N-dealkylation sites (N-methyl/N-ethyl adjacent to an activating group) is 1. The Balaban J connectivity index is 1.85. The Morgan fingerprint density at radius 3 is 3.00 bits per heavy atom. The molecule has 1 aliphatic rings. The fourth-order valence-electron chi connectivity index (χ4n) is 2.71. The summed E-state index contributed by atoms with van der Waals surface area (Å²) in [6.45, 7) is 5.00. The predicted molar refractivity (Wildman–Crippen MR) is 77.1 cm³/mol. The molecule has 1 aliphatic carbocycles. The van der Waals surface area contributed by atoms with Gasteiger partial charge in [-0.2, -0.15) is 5.10 Å². The number of rotatable bonds is 6. The summed E-state index contributed by atoms with van der Waals surface area (Å²) in [5.41, 5.74) is 1.04. The van der Waals surface area contributed by atoms with Gasteiger partial charge in [-0.1, -0.05) is 19.8 Å². The van der Waals surface area contributed by atoms with E-state index in [4.69, 9.17) is 4.74 Å². The van der Waals surface area contributed by atoms with Crippen molar-refractivity contribution in [2.45, 2.75) is 70.7 Å². The molecule has 4 nitrogen and oxygen atoms in total. The van der Waals surface area contributed by atoms with Crippen LogP contribution in [0.15, 0.2) is 12.3 Å². The summed E-state index contributed by atoms with van der Waals surface area (Å²) in [5, 5.41) is 7.96. The summed E-state index contributed by atoms with van der Waals surface area (Å²) in [4.78, 5) is 0. The van der Waals surface area contributed by atoms with Gasteiger partial charge in [-0.05, 0) is 39.3 Å². The highest BCUT2D eigenvalue weighted by Gasteiger charge is 2.24. The van der Waals surface area contributed by atoms with Crippen molar-refractivity contribution in [3.8, 4) is 0 Å². The highest BCUT2D eigenvalue weighted by molar-refractivity contribution is 4.98. The molecule has 1 fully saturated rings. The number of nitrogens with one attached hydrogen (secondary N) is 1. The van der Waals surface area contributed by atoms with Crippen LogP contribution in [0.4, 0.5) is 0 Å². The maximum Gasteiger partial charge on any atom is 0.0911 e. The van der Waals surface area contributed by atoms with E-state index in [9.17, 15) is 0 Å². The first-order chi connectivity index (χ1) is 9.24. The van der Waals surface area contributed by atoms with Crippen LogP contribution in [0, 0.1) is 0 Å². The summed E-state index contributed by atoms with van der Waals surface area (Å²) in [7, 11) is 2.03. The molecule has 19 heavy (non-hydrogen) atoms. The van der Waals surface area contributed by atoms with Crippen molar-refractivity contribution in [2.75, 3.05) is 7.05 Å². The molecule has 2 rings (SSSR count). The molecule has 1 heterocycles. The second-order valence-electron chi connectivity index (χ2n) is 5.57. The number of hydrogen-bond donors (Lipinski definition) is 1. The Morgan fingerprint density at radius 2 is 2.26 bits per heavy atom. The van der Waals surface area contributed by atoms with Crippen LogP contribution in [0.1, 0.15) is 57.7 Å².